The number of aromatic nitrogens is 2. The average molecular weight is 692 g/mol. The summed E-state index contributed by atoms with van der Waals surface area (Å²) in [5.41, 5.74) is 1.29. The fourth-order valence-corrected chi connectivity index (χ4v) is 8.45. The summed E-state index contributed by atoms with van der Waals surface area (Å²) in [6, 6.07) is 3.82. The molecule has 5 rings (SSSR count). The molecule has 2 fully saturated rings. The van der Waals surface area contributed by atoms with Crippen molar-refractivity contribution >= 4 is 27.8 Å². The number of aliphatic carboxylic acids is 1. The van der Waals surface area contributed by atoms with Gasteiger partial charge in [0.1, 0.15) is 6.17 Å². The molecular formula is C30H41F4N5O5S2. The molecule has 256 valence electrons. The third-order valence-corrected chi connectivity index (χ3v) is 11.3. The maximum absolute atomic E-state index is 14.0. The van der Waals surface area contributed by atoms with Crippen molar-refractivity contribution in [3.8, 4) is 11.3 Å². The minimum Gasteiger partial charge on any atom is -0.481 e. The smallest absolute Gasteiger partial charge is 0.417 e. The first-order chi connectivity index (χ1) is 21.7. The van der Waals surface area contributed by atoms with Gasteiger partial charge in [-0.15, -0.1) is 11.8 Å². The number of sulfonamides is 1. The number of carboxylic acid groups (broad SMARTS) is 1. The first kappa shape index (κ1) is 35.1. The molecule has 2 atom stereocenters. The van der Waals surface area contributed by atoms with E-state index in [1.165, 1.54) is 16.4 Å². The summed E-state index contributed by atoms with van der Waals surface area (Å²) >= 11 is 1.07. The first-order valence-corrected chi connectivity index (χ1v) is 18.4. The summed E-state index contributed by atoms with van der Waals surface area (Å²) in [7, 11) is -3.56. The predicted molar refractivity (Wildman–Crippen MR) is 166 cm³/mol. The SMILES string of the molecule is CS(=O)(=O)N1CCc2c(c(-c3ccc(C(F)(F)F)c(SCCN4CCC(F)CC4)c3)nn2CC(O)CN2CCC[C@H](C(=O)O)C2)C1. The van der Waals surface area contributed by atoms with Crippen molar-refractivity contribution in [2.45, 2.75) is 68.5 Å². The molecule has 2 aromatic rings. The standard InChI is InChI=1S/C30H41F4N5O5S2/c1-46(43,44)38-12-8-26-24(19-38)28(35-39(26)18-23(40)17-37-9-2-3-21(16-37)29(41)42)20-4-5-25(30(32,33)34)27(15-20)45-14-13-36-10-6-22(31)7-11-36/h4-5,15,21-23,40H,2-3,6-14,16-19H2,1H3,(H,41,42)/t21-,23?/m0/s1. The summed E-state index contributed by atoms with van der Waals surface area (Å²) in [5.74, 6) is -0.986. The minimum atomic E-state index is -4.59. The molecule has 0 spiro atoms. The summed E-state index contributed by atoms with van der Waals surface area (Å²) in [6.07, 6.45) is -2.78. The van der Waals surface area contributed by atoms with Gasteiger partial charge in [-0.25, -0.2) is 12.8 Å². The van der Waals surface area contributed by atoms with Crippen molar-refractivity contribution in [3.63, 3.8) is 0 Å². The zero-order chi connectivity index (χ0) is 33.2. The highest BCUT2D eigenvalue weighted by Crippen LogP contribution is 2.40. The van der Waals surface area contributed by atoms with E-state index in [2.05, 4.69) is 4.90 Å². The predicted octanol–water partition coefficient (Wildman–Crippen LogP) is 3.57. The van der Waals surface area contributed by atoms with Crippen LogP contribution in [0.5, 0.6) is 0 Å². The lowest BCUT2D eigenvalue weighted by Gasteiger charge is -2.32. The zero-order valence-electron chi connectivity index (χ0n) is 25.8. The lowest BCUT2D eigenvalue weighted by molar-refractivity contribution is -0.144. The van der Waals surface area contributed by atoms with Crippen LogP contribution < -0.4 is 0 Å². The first-order valence-electron chi connectivity index (χ1n) is 15.6. The van der Waals surface area contributed by atoms with Crippen LogP contribution >= 0.6 is 11.8 Å². The highest BCUT2D eigenvalue weighted by molar-refractivity contribution is 7.99. The monoisotopic (exact) mass is 691 g/mol. The summed E-state index contributed by atoms with van der Waals surface area (Å²) < 4.78 is 83.5. The van der Waals surface area contributed by atoms with Crippen molar-refractivity contribution in [1.82, 2.24) is 23.9 Å². The molecular weight excluding hydrogens is 650 g/mol. The van der Waals surface area contributed by atoms with Crippen molar-refractivity contribution < 1.29 is 41.0 Å². The minimum absolute atomic E-state index is 0.0000355. The molecule has 2 saturated heterocycles. The number of carboxylic acids is 1. The van der Waals surface area contributed by atoms with E-state index in [-0.39, 0.29) is 31.1 Å². The van der Waals surface area contributed by atoms with Crippen molar-refractivity contribution in [2.24, 2.45) is 5.92 Å². The molecule has 3 aliphatic rings. The van der Waals surface area contributed by atoms with Crippen LogP contribution in [0.15, 0.2) is 23.1 Å². The van der Waals surface area contributed by atoms with Gasteiger partial charge < -0.3 is 15.1 Å². The number of hydrogen-bond donors (Lipinski definition) is 2. The number of fused-ring (bicyclic) bond motifs is 1. The maximum atomic E-state index is 14.0. The van der Waals surface area contributed by atoms with E-state index in [1.54, 1.807) is 4.68 Å². The van der Waals surface area contributed by atoms with Gasteiger partial charge in [-0.2, -0.15) is 22.6 Å². The largest absolute Gasteiger partial charge is 0.481 e. The quantitative estimate of drug-likeness (QED) is 0.269. The Balaban J connectivity index is 1.41. The number of β-amino-alcohol motifs (C(OH)–C–C–N with tert-alkyl or cyclic N) is 1. The Kier molecular flexibility index (Phi) is 11.0. The summed E-state index contributed by atoms with van der Waals surface area (Å²) in [4.78, 5) is 15.5. The van der Waals surface area contributed by atoms with Gasteiger partial charge >= 0.3 is 12.1 Å². The topological polar surface area (TPSA) is 119 Å². The van der Waals surface area contributed by atoms with Crippen molar-refractivity contribution in [3.05, 3.63) is 35.0 Å². The second kappa shape index (κ2) is 14.5. The molecule has 2 N–H and O–H groups in total. The van der Waals surface area contributed by atoms with Crippen LogP contribution in [0, 0.1) is 5.92 Å². The molecule has 1 unspecified atom stereocenters. The van der Waals surface area contributed by atoms with Crippen molar-refractivity contribution in [1.29, 1.82) is 0 Å². The van der Waals surface area contributed by atoms with Gasteiger partial charge in [-0.05, 0) is 44.4 Å². The number of rotatable bonds is 11. The van der Waals surface area contributed by atoms with E-state index >= 15 is 0 Å². The van der Waals surface area contributed by atoms with E-state index in [0.29, 0.717) is 93.1 Å². The molecule has 0 saturated carbocycles. The Morgan fingerprint density at radius 2 is 1.85 bits per heavy atom. The van der Waals surface area contributed by atoms with Crippen LogP contribution in [-0.2, 0) is 40.5 Å². The molecule has 46 heavy (non-hydrogen) atoms. The van der Waals surface area contributed by atoms with Gasteiger partial charge in [-0.1, -0.05) is 6.07 Å². The van der Waals surface area contributed by atoms with E-state index < -0.39 is 45.9 Å². The number of hydrogen-bond acceptors (Lipinski definition) is 8. The fraction of sp³-hybridized carbons (Fsp3) is 0.667. The number of thioether (sulfide) groups is 1. The second-order valence-corrected chi connectivity index (χ2v) is 15.6. The number of aliphatic hydroxyl groups is 1. The molecule has 0 radical (unpaired) electrons. The van der Waals surface area contributed by atoms with Gasteiger partial charge in [0.05, 0.1) is 36.1 Å². The van der Waals surface area contributed by atoms with Crippen LogP contribution in [0.3, 0.4) is 0 Å². The van der Waals surface area contributed by atoms with Crippen LogP contribution in [-0.4, -0.2) is 119 Å². The third kappa shape index (κ3) is 8.61. The Bertz CT molecular complexity index is 1500. The lowest BCUT2D eigenvalue weighted by atomic mass is 9.98. The van der Waals surface area contributed by atoms with Crippen LogP contribution in [0.4, 0.5) is 17.6 Å². The molecule has 0 amide bonds. The normalized spacial score (nSPS) is 21.7. The van der Waals surface area contributed by atoms with E-state index in [9.17, 15) is 41.0 Å². The van der Waals surface area contributed by atoms with E-state index in [0.717, 1.165) is 24.1 Å². The lowest BCUT2D eigenvalue weighted by Crippen LogP contribution is -2.43. The highest BCUT2D eigenvalue weighted by Gasteiger charge is 2.35. The molecule has 3 aliphatic heterocycles. The number of carbonyl (C=O) groups is 1. The Morgan fingerprint density at radius 1 is 1.11 bits per heavy atom. The van der Waals surface area contributed by atoms with Gasteiger partial charge in [0.25, 0.3) is 0 Å². The van der Waals surface area contributed by atoms with Gasteiger partial charge in [0.15, 0.2) is 0 Å². The number of aliphatic hydroxyl groups excluding tert-OH is 1. The maximum Gasteiger partial charge on any atom is 0.417 e. The fourth-order valence-electron chi connectivity index (χ4n) is 6.54. The summed E-state index contributed by atoms with van der Waals surface area (Å²) in [6.45, 7) is 3.14. The zero-order valence-corrected chi connectivity index (χ0v) is 27.4. The molecule has 10 nitrogen and oxygen atoms in total. The van der Waals surface area contributed by atoms with Crippen LogP contribution in [0.25, 0.3) is 11.3 Å². The molecule has 0 bridgehead atoms. The van der Waals surface area contributed by atoms with Gasteiger partial charge in [0, 0.05) is 79.7 Å². The van der Waals surface area contributed by atoms with E-state index in [1.807, 2.05) is 4.90 Å². The molecule has 1 aromatic carbocycles. The third-order valence-electron chi connectivity index (χ3n) is 9.02. The number of likely N-dealkylation sites (tertiary alicyclic amines) is 2. The van der Waals surface area contributed by atoms with Crippen LogP contribution in [0.1, 0.15) is 42.5 Å². The van der Waals surface area contributed by atoms with Crippen LogP contribution in [0.2, 0.25) is 0 Å². The average Bonchev–Trinajstić information content (AvgIpc) is 3.34. The number of halogens is 4. The van der Waals surface area contributed by atoms with E-state index in [4.69, 9.17) is 5.10 Å². The highest BCUT2D eigenvalue weighted by atomic mass is 32.2. The number of alkyl halides is 4. The number of piperidine rings is 2. The number of nitrogens with zero attached hydrogens (tertiary/aromatic N) is 5. The van der Waals surface area contributed by atoms with Crippen molar-refractivity contribution in [2.75, 3.05) is 57.8 Å². The molecule has 4 heterocycles. The van der Waals surface area contributed by atoms with Gasteiger partial charge in [0.2, 0.25) is 10.0 Å². The molecule has 0 aliphatic carbocycles. The number of benzene rings is 1. The Labute approximate surface area is 270 Å². The molecule has 1 aromatic heterocycles. The summed E-state index contributed by atoms with van der Waals surface area (Å²) in [5, 5.41) is 25.2. The second-order valence-electron chi connectivity index (χ2n) is 12.5. The Morgan fingerprint density at radius 3 is 2.52 bits per heavy atom. The molecule has 16 heteroatoms. The van der Waals surface area contributed by atoms with Gasteiger partial charge in [-0.3, -0.25) is 14.4 Å². The Hall–Kier alpha value is -2.24.